The molecule has 0 unspecified atom stereocenters. The summed E-state index contributed by atoms with van der Waals surface area (Å²) in [6.45, 7) is 0.438. The number of nitrogens with one attached hydrogen (secondary N) is 2. The lowest BCUT2D eigenvalue weighted by molar-refractivity contribution is -0.122. The number of aromatic nitrogens is 1. The molecule has 2 aromatic rings. The number of nitrogens with zero attached hydrogens (tertiary/aromatic N) is 1. The Morgan fingerprint density at radius 3 is 2.74 bits per heavy atom. The third kappa shape index (κ3) is 4.06. The number of hydrogen-bond acceptors (Lipinski definition) is 4. The quantitative estimate of drug-likeness (QED) is 0.883. The molecule has 2 N–H and O–H groups in total. The van der Waals surface area contributed by atoms with E-state index in [0.29, 0.717) is 31.0 Å². The first-order chi connectivity index (χ1) is 11.2. The van der Waals surface area contributed by atoms with Crippen molar-refractivity contribution in [3.8, 4) is 5.88 Å². The van der Waals surface area contributed by atoms with Crippen molar-refractivity contribution in [3.05, 3.63) is 54.2 Å². The summed E-state index contributed by atoms with van der Waals surface area (Å²) >= 11 is 0. The molecule has 1 aliphatic rings. The Morgan fingerprint density at radius 2 is 2.09 bits per heavy atom. The second-order valence-electron chi connectivity index (χ2n) is 5.31. The van der Waals surface area contributed by atoms with Crippen LogP contribution < -0.4 is 15.4 Å². The molecule has 0 radical (unpaired) electrons. The van der Waals surface area contributed by atoms with Crippen molar-refractivity contribution >= 4 is 17.5 Å². The van der Waals surface area contributed by atoms with Gasteiger partial charge in [0.1, 0.15) is 12.6 Å². The fourth-order valence-corrected chi connectivity index (χ4v) is 2.31. The van der Waals surface area contributed by atoms with E-state index >= 15 is 0 Å². The number of benzene rings is 1. The zero-order valence-corrected chi connectivity index (χ0v) is 12.5. The van der Waals surface area contributed by atoms with Crippen LogP contribution in [0.3, 0.4) is 0 Å². The summed E-state index contributed by atoms with van der Waals surface area (Å²) in [5, 5.41) is 5.36. The molecule has 6 nitrogen and oxygen atoms in total. The van der Waals surface area contributed by atoms with Gasteiger partial charge in [0.25, 0.3) is 0 Å². The van der Waals surface area contributed by atoms with Crippen LogP contribution >= 0.6 is 0 Å². The van der Waals surface area contributed by atoms with E-state index in [2.05, 4.69) is 15.6 Å². The molecule has 0 saturated carbocycles. The second-order valence-corrected chi connectivity index (χ2v) is 5.31. The summed E-state index contributed by atoms with van der Waals surface area (Å²) < 4.78 is 5.59. The molecule has 2 heterocycles. The summed E-state index contributed by atoms with van der Waals surface area (Å²) in [5.74, 6) is 0.171. The van der Waals surface area contributed by atoms with Gasteiger partial charge in [-0.05, 0) is 18.1 Å². The van der Waals surface area contributed by atoms with E-state index in [1.165, 1.54) is 6.20 Å². The van der Waals surface area contributed by atoms with Gasteiger partial charge in [-0.3, -0.25) is 9.59 Å². The minimum absolute atomic E-state index is 0.0899. The Bertz CT molecular complexity index is 686. The van der Waals surface area contributed by atoms with Gasteiger partial charge in [-0.1, -0.05) is 30.3 Å². The maximum atomic E-state index is 12.0. The van der Waals surface area contributed by atoms with Crippen LogP contribution in [0.25, 0.3) is 0 Å². The SMILES string of the molecule is O=C1CC[C@@H](C(=O)Nc2ccc(OCc3ccccc3)nc2)N1. The minimum Gasteiger partial charge on any atom is -0.473 e. The van der Waals surface area contributed by atoms with E-state index in [4.69, 9.17) is 4.74 Å². The molecule has 0 bridgehead atoms. The molecule has 1 fully saturated rings. The highest BCUT2D eigenvalue weighted by molar-refractivity contribution is 5.98. The van der Waals surface area contributed by atoms with E-state index in [9.17, 15) is 9.59 Å². The normalized spacial score (nSPS) is 16.7. The van der Waals surface area contributed by atoms with E-state index < -0.39 is 6.04 Å². The number of ether oxygens (including phenoxy) is 1. The Hall–Kier alpha value is -2.89. The van der Waals surface area contributed by atoms with Crippen molar-refractivity contribution in [1.29, 1.82) is 0 Å². The molecule has 1 aromatic carbocycles. The van der Waals surface area contributed by atoms with E-state index in [-0.39, 0.29) is 11.8 Å². The van der Waals surface area contributed by atoms with Gasteiger partial charge in [0.05, 0.1) is 11.9 Å². The summed E-state index contributed by atoms with van der Waals surface area (Å²) in [7, 11) is 0. The van der Waals surface area contributed by atoms with Crippen molar-refractivity contribution in [3.63, 3.8) is 0 Å². The molecule has 3 rings (SSSR count). The fraction of sp³-hybridized carbons (Fsp3) is 0.235. The average Bonchev–Trinajstić information content (AvgIpc) is 3.02. The van der Waals surface area contributed by atoms with Crippen molar-refractivity contribution in [2.45, 2.75) is 25.5 Å². The van der Waals surface area contributed by atoms with Gasteiger partial charge in [-0.25, -0.2) is 4.98 Å². The Morgan fingerprint density at radius 1 is 1.26 bits per heavy atom. The van der Waals surface area contributed by atoms with Crippen molar-refractivity contribution < 1.29 is 14.3 Å². The van der Waals surface area contributed by atoms with E-state index in [1.807, 2.05) is 30.3 Å². The van der Waals surface area contributed by atoms with Gasteiger partial charge < -0.3 is 15.4 Å². The Balaban J connectivity index is 1.52. The van der Waals surface area contributed by atoms with Gasteiger partial charge in [0.15, 0.2) is 0 Å². The first kappa shape index (κ1) is 15.0. The third-order valence-corrected chi connectivity index (χ3v) is 3.55. The Kier molecular flexibility index (Phi) is 4.52. The topological polar surface area (TPSA) is 80.3 Å². The second kappa shape index (κ2) is 6.91. The molecule has 23 heavy (non-hydrogen) atoms. The van der Waals surface area contributed by atoms with E-state index in [1.54, 1.807) is 12.1 Å². The smallest absolute Gasteiger partial charge is 0.247 e. The molecule has 118 valence electrons. The lowest BCUT2D eigenvalue weighted by atomic mass is 10.2. The predicted molar refractivity (Wildman–Crippen MR) is 84.8 cm³/mol. The molecular weight excluding hydrogens is 294 g/mol. The van der Waals surface area contributed by atoms with Crippen molar-refractivity contribution in [2.75, 3.05) is 5.32 Å². The maximum Gasteiger partial charge on any atom is 0.247 e. The first-order valence-electron chi connectivity index (χ1n) is 7.44. The van der Waals surface area contributed by atoms with Crippen molar-refractivity contribution in [1.82, 2.24) is 10.3 Å². The number of hydrogen-bond donors (Lipinski definition) is 2. The molecule has 1 atom stereocenters. The molecular formula is C17H17N3O3. The monoisotopic (exact) mass is 311 g/mol. The largest absolute Gasteiger partial charge is 0.473 e. The van der Waals surface area contributed by atoms with Crippen LogP contribution in [0.4, 0.5) is 5.69 Å². The lowest BCUT2D eigenvalue weighted by Gasteiger charge is -2.11. The number of pyridine rings is 1. The Labute approximate surface area is 133 Å². The van der Waals surface area contributed by atoms with Gasteiger partial charge >= 0.3 is 0 Å². The highest BCUT2D eigenvalue weighted by Gasteiger charge is 2.27. The molecule has 0 aliphatic carbocycles. The molecule has 1 saturated heterocycles. The van der Waals surface area contributed by atoms with Gasteiger partial charge in [0.2, 0.25) is 17.7 Å². The minimum atomic E-state index is -0.462. The van der Waals surface area contributed by atoms with Crippen LogP contribution in [0.1, 0.15) is 18.4 Å². The van der Waals surface area contributed by atoms with Gasteiger partial charge in [-0.2, -0.15) is 0 Å². The molecule has 1 aromatic heterocycles. The maximum absolute atomic E-state index is 12.0. The number of anilines is 1. The number of carbonyl (C=O) groups excluding carboxylic acids is 2. The number of amides is 2. The van der Waals surface area contributed by atoms with Crippen LogP contribution in [-0.2, 0) is 16.2 Å². The van der Waals surface area contributed by atoms with Crippen LogP contribution in [0.15, 0.2) is 48.7 Å². The zero-order valence-electron chi connectivity index (χ0n) is 12.5. The predicted octanol–water partition coefficient (Wildman–Crippen LogP) is 1.88. The van der Waals surface area contributed by atoms with Crippen LogP contribution in [-0.4, -0.2) is 22.8 Å². The molecule has 0 spiro atoms. The van der Waals surface area contributed by atoms with Crippen LogP contribution in [0, 0.1) is 0 Å². The lowest BCUT2D eigenvalue weighted by Crippen LogP contribution is -2.37. The highest BCUT2D eigenvalue weighted by atomic mass is 16.5. The standard InChI is InChI=1S/C17H17N3O3/c21-15-8-7-14(20-15)17(22)19-13-6-9-16(18-10-13)23-11-12-4-2-1-3-5-12/h1-6,9-10,14H,7-8,11H2,(H,19,22)(H,20,21)/t14-/m0/s1. The zero-order chi connectivity index (χ0) is 16.1. The highest BCUT2D eigenvalue weighted by Crippen LogP contribution is 2.15. The molecule has 1 aliphatic heterocycles. The first-order valence-corrected chi connectivity index (χ1v) is 7.44. The molecule has 6 heteroatoms. The number of rotatable bonds is 5. The summed E-state index contributed by atoms with van der Waals surface area (Å²) in [4.78, 5) is 27.3. The van der Waals surface area contributed by atoms with Crippen LogP contribution in [0.5, 0.6) is 5.88 Å². The molecule has 2 amide bonds. The fourth-order valence-electron chi connectivity index (χ4n) is 2.31. The number of carbonyl (C=O) groups is 2. The summed E-state index contributed by atoms with van der Waals surface area (Å²) in [6.07, 6.45) is 2.45. The van der Waals surface area contributed by atoms with Gasteiger partial charge in [-0.15, -0.1) is 0 Å². The summed E-state index contributed by atoms with van der Waals surface area (Å²) in [6, 6.07) is 12.8. The van der Waals surface area contributed by atoms with E-state index in [0.717, 1.165) is 5.56 Å². The summed E-state index contributed by atoms with van der Waals surface area (Å²) in [5.41, 5.74) is 1.63. The third-order valence-electron chi connectivity index (χ3n) is 3.55. The van der Waals surface area contributed by atoms with Gasteiger partial charge in [0, 0.05) is 12.5 Å². The average molecular weight is 311 g/mol. The van der Waals surface area contributed by atoms with Crippen molar-refractivity contribution in [2.24, 2.45) is 0 Å². The van der Waals surface area contributed by atoms with Crippen LogP contribution in [0.2, 0.25) is 0 Å².